The number of rotatable bonds is 2. The van der Waals surface area contributed by atoms with E-state index >= 15 is 0 Å². The summed E-state index contributed by atoms with van der Waals surface area (Å²) in [6.45, 7) is 0. The van der Waals surface area contributed by atoms with Gasteiger partial charge in [-0.25, -0.2) is 0 Å². The number of halogens is 1. The molecule has 0 atom stereocenters. The third kappa shape index (κ3) is 2.82. The van der Waals surface area contributed by atoms with Crippen molar-refractivity contribution >= 4 is 45.7 Å². The monoisotopic (exact) mass is 292 g/mol. The maximum absolute atomic E-state index is 6.04. The van der Waals surface area contributed by atoms with E-state index in [0.717, 1.165) is 35.1 Å². The van der Waals surface area contributed by atoms with Gasteiger partial charge in [-0.2, -0.15) is 16.9 Å². The zero-order chi connectivity index (χ0) is 13.1. The van der Waals surface area contributed by atoms with Crippen molar-refractivity contribution < 1.29 is 0 Å². The van der Waals surface area contributed by atoms with Crippen LogP contribution in [-0.4, -0.2) is 27.4 Å². The van der Waals surface area contributed by atoms with Crippen molar-refractivity contribution in [2.24, 2.45) is 5.10 Å². The first kappa shape index (κ1) is 12.7. The van der Waals surface area contributed by atoms with E-state index in [9.17, 15) is 0 Å². The van der Waals surface area contributed by atoms with Crippen molar-refractivity contribution in [2.45, 2.75) is 12.8 Å². The molecule has 0 unspecified atom stereocenters. The molecule has 1 aromatic heterocycles. The Morgan fingerprint density at radius 1 is 1.11 bits per heavy atom. The summed E-state index contributed by atoms with van der Waals surface area (Å²) in [5.41, 5.74) is 4.23. The predicted molar refractivity (Wildman–Crippen MR) is 82.2 cm³/mol. The molecular formula is C13H13ClN4S. The minimum Gasteiger partial charge on any atom is -0.259 e. The number of nitrogens with one attached hydrogen (secondary N) is 1. The van der Waals surface area contributed by atoms with E-state index in [-0.39, 0.29) is 0 Å². The third-order valence-corrected chi connectivity index (χ3v) is 4.30. The minimum absolute atomic E-state index is 0.419. The van der Waals surface area contributed by atoms with Gasteiger partial charge in [0.2, 0.25) is 0 Å². The van der Waals surface area contributed by atoms with E-state index in [1.807, 2.05) is 36.0 Å². The lowest BCUT2D eigenvalue weighted by atomic mass is 10.2. The number of thioether (sulfide) groups is 1. The molecule has 19 heavy (non-hydrogen) atoms. The molecule has 4 nitrogen and oxygen atoms in total. The first-order chi connectivity index (χ1) is 9.34. The topological polar surface area (TPSA) is 50.2 Å². The summed E-state index contributed by atoms with van der Waals surface area (Å²) >= 11 is 8.01. The van der Waals surface area contributed by atoms with Crippen molar-refractivity contribution in [3.05, 3.63) is 29.4 Å². The van der Waals surface area contributed by atoms with E-state index in [2.05, 4.69) is 20.7 Å². The van der Waals surface area contributed by atoms with Gasteiger partial charge in [0.25, 0.3) is 0 Å². The Morgan fingerprint density at radius 3 is 2.63 bits per heavy atom. The fourth-order valence-corrected chi connectivity index (χ4v) is 3.17. The number of aromatic nitrogens is 2. The molecule has 1 aliphatic heterocycles. The summed E-state index contributed by atoms with van der Waals surface area (Å²) in [4.78, 5) is 0. The molecule has 1 saturated heterocycles. The van der Waals surface area contributed by atoms with Gasteiger partial charge in [0.15, 0.2) is 11.0 Å². The van der Waals surface area contributed by atoms with Crippen molar-refractivity contribution in [1.82, 2.24) is 10.2 Å². The van der Waals surface area contributed by atoms with Gasteiger partial charge in [0, 0.05) is 16.5 Å². The van der Waals surface area contributed by atoms with Crippen molar-refractivity contribution in [2.75, 3.05) is 16.9 Å². The summed E-state index contributed by atoms with van der Waals surface area (Å²) in [7, 11) is 0. The average molecular weight is 293 g/mol. The average Bonchev–Trinajstić information content (AvgIpc) is 2.48. The van der Waals surface area contributed by atoms with E-state index in [1.54, 1.807) is 0 Å². The molecular weight excluding hydrogens is 280 g/mol. The standard InChI is InChI=1S/C13H13ClN4S/c14-12-10-3-1-2-4-11(10)13(18-16-12)17-15-9-5-7-19-8-6-9/h1-4H,5-8H2,(H,17,18). The highest BCUT2D eigenvalue weighted by atomic mass is 35.5. The van der Waals surface area contributed by atoms with Gasteiger partial charge in [-0.15, -0.1) is 10.2 Å². The SMILES string of the molecule is Clc1nnc(NN=C2CCSCC2)c2ccccc12. The number of nitrogens with zero attached hydrogens (tertiary/aromatic N) is 3. The molecule has 0 radical (unpaired) electrons. The second-order valence-corrected chi connectivity index (χ2v) is 5.87. The normalized spacial score (nSPS) is 15.5. The Labute approximate surface area is 120 Å². The summed E-state index contributed by atoms with van der Waals surface area (Å²) in [6, 6.07) is 7.79. The molecule has 0 saturated carbocycles. The van der Waals surface area contributed by atoms with Crippen molar-refractivity contribution in [3.8, 4) is 0 Å². The number of hydrazone groups is 1. The fourth-order valence-electron chi connectivity index (χ4n) is 2.00. The molecule has 1 aromatic carbocycles. The van der Waals surface area contributed by atoms with E-state index in [0.29, 0.717) is 11.0 Å². The Balaban J connectivity index is 1.90. The molecule has 0 spiro atoms. The first-order valence-corrected chi connectivity index (χ1v) is 7.68. The maximum Gasteiger partial charge on any atom is 0.176 e. The second kappa shape index (κ2) is 5.75. The fraction of sp³-hybridized carbons (Fsp3) is 0.308. The zero-order valence-corrected chi connectivity index (χ0v) is 11.8. The molecule has 2 heterocycles. The third-order valence-electron chi connectivity index (χ3n) is 3.03. The largest absolute Gasteiger partial charge is 0.259 e. The molecule has 2 aromatic rings. The highest BCUT2D eigenvalue weighted by molar-refractivity contribution is 7.99. The Bertz CT molecular complexity index is 621. The van der Waals surface area contributed by atoms with Crippen LogP contribution in [0.15, 0.2) is 29.4 Å². The molecule has 0 aliphatic carbocycles. The lowest BCUT2D eigenvalue weighted by Crippen LogP contribution is -2.11. The number of hydrogen-bond acceptors (Lipinski definition) is 5. The predicted octanol–water partition coefficient (Wildman–Crippen LogP) is 3.58. The smallest absolute Gasteiger partial charge is 0.176 e. The van der Waals surface area contributed by atoms with Crippen LogP contribution in [0.5, 0.6) is 0 Å². The van der Waals surface area contributed by atoms with Gasteiger partial charge in [0.1, 0.15) is 0 Å². The summed E-state index contributed by atoms with van der Waals surface area (Å²) in [5, 5.41) is 14.7. The minimum atomic E-state index is 0.419. The van der Waals surface area contributed by atoms with Crippen LogP contribution >= 0.6 is 23.4 Å². The molecule has 1 N–H and O–H groups in total. The highest BCUT2D eigenvalue weighted by Gasteiger charge is 2.09. The highest BCUT2D eigenvalue weighted by Crippen LogP contribution is 2.25. The van der Waals surface area contributed by atoms with Crippen molar-refractivity contribution in [1.29, 1.82) is 0 Å². The quantitative estimate of drug-likeness (QED) is 0.860. The molecule has 1 fully saturated rings. The molecule has 0 amide bonds. The lowest BCUT2D eigenvalue weighted by Gasteiger charge is -2.12. The number of fused-ring (bicyclic) bond motifs is 1. The van der Waals surface area contributed by atoms with Crippen LogP contribution in [-0.2, 0) is 0 Å². The summed E-state index contributed by atoms with van der Waals surface area (Å²) < 4.78 is 0. The van der Waals surface area contributed by atoms with Gasteiger partial charge >= 0.3 is 0 Å². The van der Waals surface area contributed by atoms with Gasteiger partial charge < -0.3 is 0 Å². The first-order valence-electron chi connectivity index (χ1n) is 6.15. The lowest BCUT2D eigenvalue weighted by molar-refractivity contribution is 1.03. The van der Waals surface area contributed by atoms with Gasteiger partial charge in [-0.3, -0.25) is 5.43 Å². The Hall–Kier alpha value is -1.33. The van der Waals surface area contributed by atoms with Crippen LogP contribution in [0.25, 0.3) is 10.8 Å². The van der Waals surface area contributed by atoms with Crippen molar-refractivity contribution in [3.63, 3.8) is 0 Å². The maximum atomic E-state index is 6.04. The summed E-state index contributed by atoms with van der Waals surface area (Å²) in [5.74, 6) is 2.95. The molecule has 98 valence electrons. The van der Waals surface area contributed by atoms with Crippen LogP contribution in [0.3, 0.4) is 0 Å². The van der Waals surface area contributed by atoms with E-state index in [1.165, 1.54) is 5.71 Å². The van der Waals surface area contributed by atoms with Gasteiger partial charge in [0.05, 0.1) is 0 Å². The Morgan fingerprint density at radius 2 is 1.84 bits per heavy atom. The second-order valence-electron chi connectivity index (χ2n) is 4.29. The number of anilines is 1. The summed E-state index contributed by atoms with van der Waals surface area (Å²) in [6.07, 6.45) is 2.08. The van der Waals surface area contributed by atoms with Crippen LogP contribution in [0.1, 0.15) is 12.8 Å². The molecule has 3 rings (SSSR count). The molecule has 0 bridgehead atoms. The number of hydrogen-bond donors (Lipinski definition) is 1. The van der Waals surface area contributed by atoms with Crippen LogP contribution < -0.4 is 5.43 Å². The molecule has 6 heteroatoms. The Kier molecular flexibility index (Phi) is 3.84. The molecule has 1 aliphatic rings. The van der Waals surface area contributed by atoms with Gasteiger partial charge in [-0.05, 0) is 24.3 Å². The zero-order valence-electron chi connectivity index (χ0n) is 10.3. The van der Waals surface area contributed by atoms with Crippen LogP contribution in [0.4, 0.5) is 5.82 Å². The van der Waals surface area contributed by atoms with E-state index in [4.69, 9.17) is 11.6 Å². The van der Waals surface area contributed by atoms with Crippen LogP contribution in [0, 0.1) is 0 Å². The van der Waals surface area contributed by atoms with Crippen LogP contribution in [0.2, 0.25) is 5.15 Å². The van der Waals surface area contributed by atoms with E-state index < -0.39 is 0 Å². The number of benzene rings is 1. The van der Waals surface area contributed by atoms with Gasteiger partial charge in [-0.1, -0.05) is 35.9 Å².